The Morgan fingerprint density at radius 1 is 1.67 bits per heavy atom. The van der Waals surface area contributed by atoms with E-state index in [1.54, 1.807) is 0 Å². The predicted octanol–water partition coefficient (Wildman–Crippen LogP) is 2.23. The topological polar surface area (TPSA) is 52.9 Å². The number of hydrogen-bond acceptors (Lipinski definition) is 2. The molecule has 84 valence electrons. The fraction of sp³-hybridized carbons (Fsp3) is 0.833. The maximum atomic E-state index is 11.9. The Kier molecular flexibility index (Phi) is 3.73. The molecule has 1 aliphatic carbocycles. The highest BCUT2D eigenvalue weighted by atomic mass is 16.2. The first kappa shape index (κ1) is 12.0. The molecule has 1 N–H and O–H groups in total. The van der Waals surface area contributed by atoms with E-state index in [2.05, 4.69) is 25.2 Å². The second kappa shape index (κ2) is 4.65. The Bertz CT molecular complexity index is 278. The summed E-state index contributed by atoms with van der Waals surface area (Å²) < 4.78 is 0. The van der Waals surface area contributed by atoms with Crippen LogP contribution in [0.2, 0.25) is 0 Å². The number of carbonyl (C=O) groups excluding carboxylic acids is 1. The molecule has 15 heavy (non-hydrogen) atoms. The van der Waals surface area contributed by atoms with Crippen LogP contribution in [0, 0.1) is 22.7 Å². The number of nitrogens with one attached hydrogen (secondary N) is 1. The average molecular weight is 208 g/mol. The van der Waals surface area contributed by atoms with E-state index in [4.69, 9.17) is 5.26 Å². The Hall–Kier alpha value is -1.04. The van der Waals surface area contributed by atoms with Gasteiger partial charge in [-0.25, -0.2) is 0 Å². The van der Waals surface area contributed by atoms with E-state index in [1.165, 1.54) is 0 Å². The Morgan fingerprint density at radius 3 is 2.73 bits per heavy atom. The summed E-state index contributed by atoms with van der Waals surface area (Å²) in [6.07, 6.45) is 3.86. The normalized spacial score (nSPS) is 25.6. The summed E-state index contributed by atoms with van der Waals surface area (Å²) >= 11 is 0. The lowest BCUT2D eigenvalue weighted by molar-refractivity contribution is -0.128. The van der Waals surface area contributed by atoms with E-state index in [9.17, 15) is 4.79 Å². The van der Waals surface area contributed by atoms with Crippen LogP contribution in [-0.4, -0.2) is 11.9 Å². The molecule has 0 aromatic carbocycles. The summed E-state index contributed by atoms with van der Waals surface area (Å²) in [4.78, 5) is 11.9. The van der Waals surface area contributed by atoms with Crippen molar-refractivity contribution in [3.63, 3.8) is 0 Å². The van der Waals surface area contributed by atoms with Gasteiger partial charge in [0.15, 0.2) is 0 Å². The van der Waals surface area contributed by atoms with Crippen molar-refractivity contribution >= 4 is 5.91 Å². The third kappa shape index (κ3) is 2.71. The summed E-state index contributed by atoms with van der Waals surface area (Å²) in [6, 6.07) is 1.78. The van der Waals surface area contributed by atoms with E-state index in [0.717, 1.165) is 19.3 Å². The number of nitriles is 1. The van der Waals surface area contributed by atoms with Crippen molar-refractivity contribution in [1.82, 2.24) is 5.32 Å². The molecule has 1 fully saturated rings. The largest absolute Gasteiger partial charge is 0.340 e. The molecular formula is C12H20N2O. The fourth-order valence-electron chi connectivity index (χ4n) is 2.31. The minimum atomic E-state index is -0.325. The molecule has 0 saturated heterocycles. The average Bonchev–Trinajstić information content (AvgIpc) is 2.54. The maximum absolute atomic E-state index is 11.9. The molecule has 1 rings (SSSR count). The Labute approximate surface area is 91.9 Å². The number of hydrogen-bond donors (Lipinski definition) is 1. The van der Waals surface area contributed by atoms with Gasteiger partial charge >= 0.3 is 0 Å². The highest BCUT2D eigenvalue weighted by molar-refractivity contribution is 5.80. The van der Waals surface area contributed by atoms with E-state index >= 15 is 0 Å². The molecule has 0 aromatic heterocycles. The van der Waals surface area contributed by atoms with Crippen molar-refractivity contribution in [2.75, 3.05) is 0 Å². The third-order valence-corrected chi connectivity index (χ3v) is 3.45. The van der Waals surface area contributed by atoms with Crippen molar-refractivity contribution in [2.24, 2.45) is 11.3 Å². The van der Waals surface area contributed by atoms with Crippen molar-refractivity contribution < 1.29 is 4.79 Å². The van der Waals surface area contributed by atoms with Gasteiger partial charge in [-0.05, 0) is 24.7 Å². The summed E-state index contributed by atoms with van der Waals surface area (Å²) in [5.74, 6) is 0.144. The first-order chi connectivity index (χ1) is 7.01. The first-order valence-corrected chi connectivity index (χ1v) is 5.71. The SMILES string of the molecule is CCC(C#N)NC(=O)C1CCCC1(C)C. The molecule has 0 spiro atoms. The van der Waals surface area contributed by atoms with Gasteiger partial charge in [0, 0.05) is 5.92 Å². The highest BCUT2D eigenvalue weighted by Crippen LogP contribution is 2.42. The lowest BCUT2D eigenvalue weighted by atomic mass is 9.81. The van der Waals surface area contributed by atoms with Crippen molar-refractivity contribution in [3.8, 4) is 6.07 Å². The summed E-state index contributed by atoms with van der Waals surface area (Å²) in [5.41, 5.74) is 0.0951. The van der Waals surface area contributed by atoms with Crippen LogP contribution in [0.5, 0.6) is 0 Å². The second-order valence-corrected chi connectivity index (χ2v) is 5.03. The molecule has 2 unspecified atom stereocenters. The Morgan fingerprint density at radius 2 is 2.33 bits per heavy atom. The molecule has 0 bridgehead atoms. The fourth-order valence-corrected chi connectivity index (χ4v) is 2.31. The summed E-state index contributed by atoms with van der Waals surface area (Å²) in [6.45, 7) is 6.18. The zero-order valence-corrected chi connectivity index (χ0v) is 9.84. The third-order valence-electron chi connectivity index (χ3n) is 3.45. The van der Waals surface area contributed by atoms with Crippen molar-refractivity contribution in [3.05, 3.63) is 0 Å². The summed E-state index contributed by atoms with van der Waals surface area (Å²) in [5, 5.41) is 11.6. The molecule has 0 aromatic rings. The van der Waals surface area contributed by atoms with Gasteiger partial charge in [-0.1, -0.05) is 27.2 Å². The van der Waals surface area contributed by atoms with Crippen LogP contribution in [-0.2, 0) is 4.79 Å². The molecule has 2 atom stereocenters. The number of amides is 1. The maximum Gasteiger partial charge on any atom is 0.224 e. The lowest BCUT2D eigenvalue weighted by Gasteiger charge is -2.26. The number of nitrogens with zero attached hydrogens (tertiary/aromatic N) is 1. The van der Waals surface area contributed by atoms with Gasteiger partial charge in [0.2, 0.25) is 5.91 Å². The van der Waals surface area contributed by atoms with Crippen molar-refractivity contribution in [1.29, 1.82) is 5.26 Å². The van der Waals surface area contributed by atoms with Crippen LogP contribution in [0.4, 0.5) is 0 Å². The van der Waals surface area contributed by atoms with Crippen LogP contribution in [0.15, 0.2) is 0 Å². The van der Waals surface area contributed by atoms with E-state index in [1.807, 2.05) is 6.92 Å². The van der Waals surface area contributed by atoms with Crippen LogP contribution in [0.25, 0.3) is 0 Å². The number of carbonyl (C=O) groups is 1. The zero-order valence-electron chi connectivity index (χ0n) is 9.84. The van der Waals surface area contributed by atoms with Gasteiger partial charge in [0.1, 0.15) is 6.04 Å². The van der Waals surface area contributed by atoms with E-state index in [0.29, 0.717) is 6.42 Å². The Balaban J connectivity index is 2.58. The molecule has 0 heterocycles. The van der Waals surface area contributed by atoms with Crippen LogP contribution >= 0.6 is 0 Å². The summed E-state index contributed by atoms with van der Waals surface area (Å²) in [7, 11) is 0. The lowest BCUT2D eigenvalue weighted by Crippen LogP contribution is -2.41. The molecule has 1 amide bonds. The quantitative estimate of drug-likeness (QED) is 0.773. The monoisotopic (exact) mass is 208 g/mol. The van der Waals surface area contributed by atoms with E-state index < -0.39 is 0 Å². The molecular weight excluding hydrogens is 188 g/mol. The molecule has 0 aliphatic heterocycles. The van der Waals surface area contributed by atoms with Crippen molar-refractivity contribution in [2.45, 2.75) is 52.5 Å². The standard InChI is InChI=1S/C12H20N2O/c1-4-9(8-13)14-11(15)10-6-5-7-12(10,2)3/h9-10H,4-7H2,1-3H3,(H,14,15). The van der Waals surface area contributed by atoms with Crippen LogP contribution < -0.4 is 5.32 Å². The minimum Gasteiger partial charge on any atom is -0.340 e. The second-order valence-electron chi connectivity index (χ2n) is 5.03. The van der Waals surface area contributed by atoms with Gasteiger partial charge in [-0.3, -0.25) is 4.79 Å². The number of rotatable bonds is 3. The van der Waals surface area contributed by atoms with E-state index in [-0.39, 0.29) is 23.3 Å². The molecule has 1 aliphatic rings. The van der Waals surface area contributed by atoms with Gasteiger partial charge < -0.3 is 5.32 Å². The first-order valence-electron chi connectivity index (χ1n) is 5.71. The minimum absolute atomic E-state index is 0.0610. The molecule has 3 heteroatoms. The zero-order chi connectivity index (χ0) is 11.5. The predicted molar refractivity (Wildman–Crippen MR) is 59.0 cm³/mol. The molecule has 0 radical (unpaired) electrons. The van der Waals surface area contributed by atoms with Gasteiger partial charge in [0.25, 0.3) is 0 Å². The molecule has 1 saturated carbocycles. The smallest absolute Gasteiger partial charge is 0.224 e. The van der Waals surface area contributed by atoms with Crippen LogP contribution in [0.1, 0.15) is 46.5 Å². The van der Waals surface area contributed by atoms with Gasteiger partial charge in [-0.15, -0.1) is 0 Å². The van der Waals surface area contributed by atoms with Gasteiger partial charge in [-0.2, -0.15) is 5.26 Å². The highest BCUT2D eigenvalue weighted by Gasteiger charge is 2.39. The van der Waals surface area contributed by atoms with Gasteiger partial charge in [0.05, 0.1) is 6.07 Å². The molecule has 3 nitrogen and oxygen atoms in total. The van der Waals surface area contributed by atoms with Crippen LogP contribution in [0.3, 0.4) is 0 Å².